The van der Waals surface area contributed by atoms with Gasteiger partial charge in [-0.1, -0.05) is 12.1 Å². The molecule has 1 N–H and O–H groups in total. The van der Waals surface area contributed by atoms with E-state index in [0.29, 0.717) is 0 Å². The second-order valence-corrected chi connectivity index (χ2v) is 5.13. The number of piperidine rings is 1. The number of aryl methyl sites for hydroxylation is 1. The van der Waals surface area contributed by atoms with Gasteiger partial charge in [0.25, 0.3) is 5.91 Å². The Hall–Kier alpha value is -1.77. The third-order valence-corrected chi connectivity index (χ3v) is 3.65. The van der Waals surface area contributed by atoms with Gasteiger partial charge < -0.3 is 9.88 Å². The molecule has 3 heteroatoms. The van der Waals surface area contributed by atoms with Crippen molar-refractivity contribution in [3.8, 4) is 0 Å². The quantitative estimate of drug-likeness (QED) is 0.819. The van der Waals surface area contributed by atoms with Crippen LogP contribution in [0, 0.1) is 6.92 Å². The third kappa shape index (κ3) is 2.01. The highest BCUT2D eigenvalue weighted by atomic mass is 16.2. The molecule has 18 heavy (non-hydrogen) atoms. The lowest BCUT2D eigenvalue weighted by Crippen LogP contribution is -2.35. The molecule has 0 spiro atoms. The number of aromatic nitrogens is 1. The van der Waals surface area contributed by atoms with Crippen molar-refractivity contribution in [3.63, 3.8) is 0 Å². The Morgan fingerprint density at radius 2 is 1.94 bits per heavy atom. The van der Waals surface area contributed by atoms with E-state index in [1.807, 2.05) is 11.0 Å². The first-order valence-electron chi connectivity index (χ1n) is 6.63. The lowest BCUT2D eigenvalue weighted by molar-refractivity contribution is 0.0719. The van der Waals surface area contributed by atoms with Crippen molar-refractivity contribution in [2.75, 3.05) is 13.1 Å². The number of amides is 1. The van der Waals surface area contributed by atoms with E-state index in [4.69, 9.17) is 0 Å². The topological polar surface area (TPSA) is 36.1 Å². The summed E-state index contributed by atoms with van der Waals surface area (Å²) in [6, 6.07) is 8.19. The van der Waals surface area contributed by atoms with E-state index < -0.39 is 0 Å². The molecule has 1 aromatic heterocycles. The molecule has 1 aliphatic heterocycles. The number of nitrogens with one attached hydrogen (secondary N) is 1. The minimum Gasteiger partial charge on any atom is -0.351 e. The third-order valence-electron chi connectivity index (χ3n) is 3.65. The molecule has 3 rings (SSSR count). The molecule has 94 valence electrons. The Morgan fingerprint density at radius 1 is 1.17 bits per heavy atom. The summed E-state index contributed by atoms with van der Waals surface area (Å²) in [7, 11) is 0. The fourth-order valence-corrected chi connectivity index (χ4v) is 2.62. The van der Waals surface area contributed by atoms with E-state index in [1.165, 1.54) is 12.0 Å². The van der Waals surface area contributed by atoms with E-state index in [9.17, 15) is 4.79 Å². The summed E-state index contributed by atoms with van der Waals surface area (Å²) in [5.41, 5.74) is 2.98. The molecular weight excluding hydrogens is 224 g/mol. The van der Waals surface area contributed by atoms with Crippen LogP contribution >= 0.6 is 0 Å². The summed E-state index contributed by atoms with van der Waals surface area (Å²) in [6.45, 7) is 3.85. The molecule has 0 saturated carbocycles. The Morgan fingerprint density at radius 3 is 2.72 bits per heavy atom. The smallest absolute Gasteiger partial charge is 0.270 e. The van der Waals surface area contributed by atoms with Gasteiger partial charge in [-0.05, 0) is 43.9 Å². The van der Waals surface area contributed by atoms with E-state index in [-0.39, 0.29) is 5.91 Å². The van der Waals surface area contributed by atoms with Crippen LogP contribution in [0.1, 0.15) is 35.3 Å². The van der Waals surface area contributed by atoms with E-state index >= 15 is 0 Å². The number of nitrogens with zero attached hydrogens (tertiary/aromatic N) is 1. The van der Waals surface area contributed by atoms with E-state index in [2.05, 4.69) is 30.1 Å². The molecule has 1 fully saturated rings. The zero-order chi connectivity index (χ0) is 12.5. The average Bonchev–Trinajstić information content (AvgIpc) is 2.81. The monoisotopic (exact) mass is 242 g/mol. The van der Waals surface area contributed by atoms with Gasteiger partial charge in [0.2, 0.25) is 0 Å². The molecule has 1 saturated heterocycles. The maximum atomic E-state index is 12.3. The van der Waals surface area contributed by atoms with Crippen LogP contribution in [0.15, 0.2) is 24.3 Å². The standard InChI is InChI=1S/C15H18N2O/c1-11-5-6-12-10-14(16-13(12)9-11)15(18)17-7-3-2-4-8-17/h5-6,9-10,16H,2-4,7-8H2,1H3. The molecule has 0 unspecified atom stereocenters. The van der Waals surface area contributed by atoms with Crippen molar-refractivity contribution >= 4 is 16.8 Å². The van der Waals surface area contributed by atoms with Gasteiger partial charge >= 0.3 is 0 Å². The van der Waals surface area contributed by atoms with Crippen LogP contribution in [0.2, 0.25) is 0 Å². The first-order chi connectivity index (χ1) is 8.74. The lowest BCUT2D eigenvalue weighted by Gasteiger charge is -2.26. The predicted molar refractivity (Wildman–Crippen MR) is 72.8 cm³/mol. The number of H-pyrrole nitrogens is 1. The molecule has 0 radical (unpaired) electrons. The summed E-state index contributed by atoms with van der Waals surface area (Å²) < 4.78 is 0. The number of hydrogen-bond acceptors (Lipinski definition) is 1. The molecule has 1 aliphatic rings. The van der Waals surface area contributed by atoms with Crippen LogP contribution in [0.25, 0.3) is 10.9 Å². The van der Waals surface area contributed by atoms with Gasteiger partial charge in [0.1, 0.15) is 5.69 Å². The first kappa shape index (κ1) is 11.3. The minimum absolute atomic E-state index is 0.142. The second kappa shape index (κ2) is 4.48. The molecule has 3 nitrogen and oxygen atoms in total. The summed E-state index contributed by atoms with van der Waals surface area (Å²) in [4.78, 5) is 17.6. The Balaban J connectivity index is 1.91. The molecule has 0 atom stereocenters. The SMILES string of the molecule is Cc1ccc2cc(C(=O)N3CCCCC3)[nH]c2c1. The number of likely N-dealkylation sites (tertiary alicyclic amines) is 1. The highest BCUT2D eigenvalue weighted by molar-refractivity contribution is 5.98. The van der Waals surface area contributed by atoms with Crippen LogP contribution in [-0.4, -0.2) is 28.9 Å². The lowest BCUT2D eigenvalue weighted by atomic mass is 10.1. The van der Waals surface area contributed by atoms with Gasteiger partial charge in [0.05, 0.1) is 0 Å². The maximum Gasteiger partial charge on any atom is 0.270 e. The molecule has 0 aliphatic carbocycles. The van der Waals surface area contributed by atoms with Gasteiger partial charge in [-0.2, -0.15) is 0 Å². The number of hydrogen-bond donors (Lipinski definition) is 1. The predicted octanol–water partition coefficient (Wildman–Crippen LogP) is 3.10. The van der Waals surface area contributed by atoms with Gasteiger partial charge in [-0.3, -0.25) is 4.79 Å². The molecule has 2 heterocycles. The second-order valence-electron chi connectivity index (χ2n) is 5.13. The Bertz CT molecular complexity index is 579. The maximum absolute atomic E-state index is 12.3. The zero-order valence-electron chi connectivity index (χ0n) is 10.7. The molecule has 1 amide bonds. The fraction of sp³-hybridized carbons (Fsp3) is 0.400. The number of carbonyl (C=O) groups excluding carboxylic acids is 1. The fourth-order valence-electron chi connectivity index (χ4n) is 2.62. The van der Waals surface area contributed by atoms with Crippen molar-refractivity contribution in [1.82, 2.24) is 9.88 Å². The Kier molecular flexibility index (Phi) is 2.82. The highest BCUT2D eigenvalue weighted by Gasteiger charge is 2.19. The summed E-state index contributed by atoms with van der Waals surface area (Å²) in [5, 5.41) is 1.11. The van der Waals surface area contributed by atoms with Crippen molar-refractivity contribution in [1.29, 1.82) is 0 Å². The molecular formula is C15H18N2O. The van der Waals surface area contributed by atoms with Gasteiger partial charge in [-0.25, -0.2) is 0 Å². The molecule has 1 aromatic carbocycles. The van der Waals surface area contributed by atoms with Crippen LogP contribution in [0.3, 0.4) is 0 Å². The van der Waals surface area contributed by atoms with Crippen LogP contribution < -0.4 is 0 Å². The largest absolute Gasteiger partial charge is 0.351 e. The number of rotatable bonds is 1. The highest BCUT2D eigenvalue weighted by Crippen LogP contribution is 2.19. The minimum atomic E-state index is 0.142. The van der Waals surface area contributed by atoms with Crippen LogP contribution in [-0.2, 0) is 0 Å². The first-order valence-corrected chi connectivity index (χ1v) is 6.63. The van der Waals surface area contributed by atoms with Gasteiger partial charge in [0.15, 0.2) is 0 Å². The molecule has 0 bridgehead atoms. The Labute approximate surface area is 107 Å². The van der Waals surface area contributed by atoms with E-state index in [1.54, 1.807) is 0 Å². The number of carbonyl (C=O) groups is 1. The van der Waals surface area contributed by atoms with Gasteiger partial charge in [0, 0.05) is 24.0 Å². The molecule has 2 aromatic rings. The van der Waals surface area contributed by atoms with Gasteiger partial charge in [-0.15, -0.1) is 0 Å². The normalized spacial score (nSPS) is 16.2. The van der Waals surface area contributed by atoms with Crippen molar-refractivity contribution in [3.05, 3.63) is 35.5 Å². The average molecular weight is 242 g/mol. The number of benzene rings is 1. The van der Waals surface area contributed by atoms with Crippen LogP contribution in [0.5, 0.6) is 0 Å². The number of fused-ring (bicyclic) bond motifs is 1. The zero-order valence-corrected chi connectivity index (χ0v) is 10.7. The summed E-state index contributed by atoms with van der Waals surface area (Å²) in [6.07, 6.45) is 3.51. The van der Waals surface area contributed by atoms with Crippen molar-refractivity contribution in [2.24, 2.45) is 0 Å². The van der Waals surface area contributed by atoms with E-state index in [0.717, 1.165) is 42.5 Å². The van der Waals surface area contributed by atoms with Crippen molar-refractivity contribution in [2.45, 2.75) is 26.2 Å². The summed E-state index contributed by atoms with van der Waals surface area (Å²) >= 11 is 0. The van der Waals surface area contributed by atoms with Crippen LogP contribution in [0.4, 0.5) is 0 Å². The summed E-state index contributed by atoms with van der Waals surface area (Å²) in [5.74, 6) is 0.142. The number of aromatic amines is 1. The van der Waals surface area contributed by atoms with Crippen molar-refractivity contribution < 1.29 is 4.79 Å².